The fourth-order valence-electron chi connectivity index (χ4n) is 3.81. The largest absolute Gasteiger partial charge is 0.342 e. The molecule has 0 spiro atoms. The van der Waals surface area contributed by atoms with Crippen molar-refractivity contribution < 1.29 is 0 Å². The maximum atomic E-state index is 4.84. The molecule has 0 amide bonds. The van der Waals surface area contributed by atoms with Crippen molar-refractivity contribution in [1.82, 2.24) is 9.97 Å². The summed E-state index contributed by atoms with van der Waals surface area (Å²) >= 11 is 0. The summed E-state index contributed by atoms with van der Waals surface area (Å²) in [5.74, 6) is 1.08. The van der Waals surface area contributed by atoms with Crippen molar-refractivity contribution >= 4 is 11.0 Å². The van der Waals surface area contributed by atoms with E-state index in [1.165, 1.54) is 27.8 Å². The second-order valence-electron chi connectivity index (χ2n) is 9.09. The van der Waals surface area contributed by atoms with Gasteiger partial charge in [0.2, 0.25) is 0 Å². The maximum absolute atomic E-state index is 4.84. The van der Waals surface area contributed by atoms with Crippen LogP contribution in [0.2, 0.25) is 0 Å². The van der Waals surface area contributed by atoms with E-state index < -0.39 is 0 Å². The molecule has 0 bridgehead atoms. The average Bonchev–Trinajstić information content (AvgIpc) is 3.09. The fourth-order valence-corrected chi connectivity index (χ4v) is 3.81. The third kappa shape index (κ3) is 4.59. The molecule has 0 aliphatic carbocycles. The van der Waals surface area contributed by atoms with E-state index in [9.17, 15) is 0 Å². The van der Waals surface area contributed by atoms with Gasteiger partial charge in [-0.3, -0.25) is 0 Å². The summed E-state index contributed by atoms with van der Waals surface area (Å²) in [5.41, 5.74) is 8.91. The molecule has 0 fully saturated rings. The van der Waals surface area contributed by atoms with E-state index in [1.54, 1.807) is 0 Å². The van der Waals surface area contributed by atoms with Crippen LogP contribution < -0.4 is 0 Å². The summed E-state index contributed by atoms with van der Waals surface area (Å²) in [7, 11) is 0. The van der Waals surface area contributed by atoms with Crippen LogP contribution in [0, 0.1) is 6.92 Å². The van der Waals surface area contributed by atoms with Crippen LogP contribution in [0.1, 0.15) is 49.7 Å². The number of hydrogen-bond donors (Lipinski definition) is 1. The molecule has 0 saturated carbocycles. The zero-order valence-corrected chi connectivity index (χ0v) is 17.9. The van der Waals surface area contributed by atoms with E-state index in [1.807, 2.05) is 0 Å². The highest BCUT2D eigenvalue weighted by Crippen LogP contribution is 2.25. The predicted octanol–water partition coefficient (Wildman–Crippen LogP) is 7.01. The number of aromatic amines is 1. The second kappa shape index (κ2) is 7.87. The van der Waals surface area contributed by atoms with Crippen LogP contribution in [0.15, 0.2) is 66.7 Å². The van der Waals surface area contributed by atoms with Gasteiger partial charge in [-0.05, 0) is 59.6 Å². The maximum Gasteiger partial charge on any atom is 0.107 e. The first-order valence-electron chi connectivity index (χ1n) is 10.5. The zero-order chi connectivity index (χ0) is 20.4. The molecule has 2 nitrogen and oxygen atoms in total. The number of fused-ring (bicyclic) bond motifs is 1. The van der Waals surface area contributed by atoms with E-state index in [4.69, 9.17) is 4.98 Å². The van der Waals surface area contributed by atoms with E-state index >= 15 is 0 Å². The predicted molar refractivity (Wildman–Crippen MR) is 123 cm³/mol. The summed E-state index contributed by atoms with van der Waals surface area (Å²) in [4.78, 5) is 8.33. The zero-order valence-electron chi connectivity index (χ0n) is 17.9. The van der Waals surface area contributed by atoms with Crippen molar-refractivity contribution in [2.75, 3.05) is 0 Å². The molecule has 0 aliphatic rings. The molecule has 1 heterocycles. The quantitative estimate of drug-likeness (QED) is 0.395. The van der Waals surface area contributed by atoms with Gasteiger partial charge in [0.25, 0.3) is 0 Å². The Morgan fingerprint density at radius 3 is 2.31 bits per heavy atom. The van der Waals surface area contributed by atoms with Gasteiger partial charge in [0, 0.05) is 6.42 Å². The lowest BCUT2D eigenvalue weighted by Gasteiger charge is -2.19. The fraction of sp³-hybridized carbons (Fsp3) is 0.296. The average molecular weight is 383 g/mol. The molecule has 4 rings (SSSR count). The molecule has 3 aromatic carbocycles. The Hall–Kier alpha value is -2.87. The Balaban J connectivity index is 1.42. The van der Waals surface area contributed by atoms with Gasteiger partial charge in [0.05, 0.1) is 11.0 Å². The van der Waals surface area contributed by atoms with Crippen LogP contribution in [0.25, 0.3) is 22.2 Å². The topological polar surface area (TPSA) is 28.7 Å². The Morgan fingerprint density at radius 1 is 0.828 bits per heavy atom. The third-order valence-corrected chi connectivity index (χ3v) is 5.58. The van der Waals surface area contributed by atoms with Crippen LogP contribution >= 0.6 is 0 Å². The Kier molecular flexibility index (Phi) is 5.27. The molecular weight excluding hydrogens is 352 g/mol. The van der Waals surface area contributed by atoms with E-state index in [2.05, 4.69) is 99.4 Å². The van der Waals surface area contributed by atoms with Crippen molar-refractivity contribution in [3.05, 3.63) is 89.2 Å². The number of nitrogens with one attached hydrogen (secondary N) is 1. The molecule has 0 aliphatic heterocycles. The minimum absolute atomic E-state index is 0.212. The van der Waals surface area contributed by atoms with Gasteiger partial charge in [0.1, 0.15) is 5.82 Å². The van der Waals surface area contributed by atoms with Crippen molar-refractivity contribution in [1.29, 1.82) is 0 Å². The van der Waals surface area contributed by atoms with Gasteiger partial charge in [-0.15, -0.1) is 0 Å². The summed E-state index contributed by atoms with van der Waals surface area (Å²) < 4.78 is 0. The van der Waals surface area contributed by atoms with Gasteiger partial charge in [0.15, 0.2) is 0 Å². The van der Waals surface area contributed by atoms with Gasteiger partial charge in [-0.25, -0.2) is 4.98 Å². The SMILES string of the molecule is Cc1cccc(-c2ccc3[nH]c(CCCc4ccc(C(C)(C)C)cc4)nc3c2)c1. The van der Waals surface area contributed by atoms with Crippen LogP contribution in [0.5, 0.6) is 0 Å². The molecule has 0 saturated heterocycles. The highest BCUT2D eigenvalue weighted by molar-refractivity contribution is 5.82. The lowest BCUT2D eigenvalue weighted by atomic mass is 9.86. The number of hydrogen-bond acceptors (Lipinski definition) is 1. The number of aromatic nitrogens is 2. The first kappa shape index (κ1) is 19.4. The third-order valence-electron chi connectivity index (χ3n) is 5.58. The first-order chi connectivity index (χ1) is 13.9. The molecule has 0 atom stereocenters. The van der Waals surface area contributed by atoms with E-state index in [0.717, 1.165) is 36.1 Å². The van der Waals surface area contributed by atoms with Gasteiger partial charge in [-0.1, -0.05) is 80.9 Å². The number of rotatable bonds is 5. The summed E-state index contributed by atoms with van der Waals surface area (Å²) in [6.07, 6.45) is 3.14. The molecule has 2 heteroatoms. The van der Waals surface area contributed by atoms with Crippen LogP contribution in [0.3, 0.4) is 0 Å². The molecule has 148 valence electrons. The molecule has 4 aromatic rings. The van der Waals surface area contributed by atoms with Crippen molar-refractivity contribution in [3.8, 4) is 11.1 Å². The lowest BCUT2D eigenvalue weighted by Crippen LogP contribution is -2.10. The van der Waals surface area contributed by atoms with Crippen LogP contribution in [0.4, 0.5) is 0 Å². The smallest absolute Gasteiger partial charge is 0.107 e. The van der Waals surface area contributed by atoms with E-state index in [-0.39, 0.29) is 5.41 Å². The van der Waals surface area contributed by atoms with Gasteiger partial charge in [-0.2, -0.15) is 0 Å². The summed E-state index contributed by atoms with van der Waals surface area (Å²) in [6.45, 7) is 8.90. The first-order valence-corrected chi connectivity index (χ1v) is 10.5. The molecule has 0 radical (unpaired) electrons. The minimum Gasteiger partial charge on any atom is -0.342 e. The van der Waals surface area contributed by atoms with E-state index in [0.29, 0.717) is 0 Å². The Labute approximate surface area is 174 Å². The highest BCUT2D eigenvalue weighted by Gasteiger charge is 2.12. The molecule has 0 unspecified atom stereocenters. The molecule has 1 N–H and O–H groups in total. The van der Waals surface area contributed by atoms with Crippen molar-refractivity contribution in [3.63, 3.8) is 0 Å². The number of nitrogens with zero attached hydrogens (tertiary/aromatic N) is 1. The van der Waals surface area contributed by atoms with Crippen molar-refractivity contribution in [2.45, 2.75) is 52.4 Å². The number of aryl methyl sites for hydroxylation is 3. The van der Waals surface area contributed by atoms with Crippen LogP contribution in [-0.2, 0) is 18.3 Å². The Morgan fingerprint density at radius 2 is 1.59 bits per heavy atom. The number of benzene rings is 3. The number of imidazole rings is 1. The molecule has 1 aromatic heterocycles. The van der Waals surface area contributed by atoms with Gasteiger partial charge < -0.3 is 4.98 Å². The monoisotopic (exact) mass is 382 g/mol. The molecular formula is C27H30N2. The van der Waals surface area contributed by atoms with Gasteiger partial charge >= 0.3 is 0 Å². The summed E-state index contributed by atoms with van der Waals surface area (Å²) in [5, 5.41) is 0. The van der Waals surface area contributed by atoms with Crippen molar-refractivity contribution in [2.24, 2.45) is 0 Å². The standard InChI is InChI=1S/C27H30N2/c1-19-7-5-9-21(17-19)22-13-16-24-25(18-22)29-26(28-24)10-6-8-20-11-14-23(15-12-20)27(2,3)4/h5,7,9,11-18H,6,8,10H2,1-4H3,(H,28,29). The number of H-pyrrole nitrogens is 1. The minimum atomic E-state index is 0.212. The highest BCUT2D eigenvalue weighted by atomic mass is 14.9. The van der Waals surface area contributed by atoms with Crippen LogP contribution in [-0.4, -0.2) is 9.97 Å². The second-order valence-corrected chi connectivity index (χ2v) is 9.09. The lowest BCUT2D eigenvalue weighted by molar-refractivity contribution is 0.590. The normalized spacial score (nSPS) is 11.9. The molecule has 29 heavy (non-hydrogen) atoms. The Bertz CT molecular complexity index is 1110. The summed E-state index contributed by atoms with van der Waals surface area (Å²) in [6, 6.07) is 24.2.